The molecule has 0 bridgehead atoms. The van der Waals surface area contributed by atoms with Crippen LogP contribution in [0.15, 0.2) is 72.9 Å². The number of imidazole rings is 1. The Morgan fingerprint density at radius 3 is 2.72 bits per heavy atom. The predicted molar refractivity (Wildman–Crippen MR) is 115 cm³/mol. The Morgan fingerprint density at radius 1 is 1.03 bits per heavy atom. The lowest BCUT2D eigenvalue weighted by atomic mass is 10.1. The van der Waals surface area contributed by atoms with Crippen molar-refractivity contribution >= 4 is 16.9 Å². The normalized spacial score (nSPS) is 10.9. The van der Waals surface area contributed by atoms with Crippen molar-refractivity contribution in [2.45, 2.75) is 26.3 Å². The number of aromatic nitrogens is 3. The van der Waals surface area contributed by atoms with Gasteiger partial charge < -0.3 is 9.88 Å². The highest BCUT2D eigenvalue weighted by Gasteiger charge is 2.11. The van der Waals surface area contributed by atoms with Crippen molar-refractivity contribution in [2.24, 2.45) is 0 Å². The van der Waals surface area contributed by atoms with Crippen LogP contribution in [0.5, 0.6) is 0 Å². The first-order valence-corrected chi connectivity index (χ1v) is 9.89. The average Bonchev–Trinajstić information content (AvgIpc) is 3.09. The number of pyridine rings is 1. The number of fused-ring (bicyclic) bond motifs is 1. The van der Waals surface area contributed by atoms with Crippen LogP contribution in [0.2, 0.25) is 0 Å². The number of benzene rings is 2. The second kappa shape index (κ2) is 8.69. The summed E-state index contributed by atoms with van der Waals surface area (Å²) in [7, 11) is 0. The molecule has 0 spiro atoms. The third kappa shape index (κ3) is 4.51. The number of carbonyl (C=O) groups is 1. The first kappa shape index (κ1) is 18.9. The van der Waals surface area contributed by atoms with Crippen LogP contribution in [0, 0.1) is 6.92 Å². The van der Waals surface area contributed by atoms with E-state index < -0.39 is 0 Å². The van der Waals surface area contributed by atoms with Crippen LogP contribution in [-0.4, -0.2) is 27.0 Å². The Labute approximate surface area is 170 Å². The highest BCUT2D eigenvalue weighted by molar-refractivity contribution is 5.92. The summed E-state index contributed by atoms with van der Waals surface area (Å²) < 4.78 is 2.28. The molecule has 2 heterocycles. The van der Waals surface area contributed by atoms with Crippen molar-refractivity contribution in [3.05, 3.63) is 95.6 Å². The third-order valence-electron chi connectivity index (χ3n) is 4.92. The summed E-state index contributed by atoms with van der Waals surface area (Å²) in [5.74, 6) is 0.902. The molecular weight excluding hydrogens is 360 g/mol. The van der Waals surface area contributed by atoms with Crippen LogP contribution in [0.3, 0.4) is 0 Å². The Bertz CT molecular complexity index is 1120. The van der Waals surface area contributed by atoms with Crippen molar-refractivity contribution in [2.75, 3.05) is 6.54 Å². The number of aryl methyl sites for hydroxylation is 2. The van der Waals surface area contributed by atoms with Gasteiger partial charge in [0.25, 0.3) is 5.91 Å². The second-order valence-corrected chi connectivity index (χ2v) is 7.17. The quantitative estimate of drug-likeness (QED) is 0.487. The number of nitrogens with one attached hydrogen (secondary N) is 1. The molecule has 4 rings (SSSR count). The lowest BCUT2D eigenvalue weighted by Gasteiger charge is -2.10. The van der Waals surface area contributed by atoms with Crippen LogP contribution in [-0.2, 0) is 13.0 Å². The summed E-state index contributed by atoms with van der Waals surface area (Å²) in [6, 6.07) is 22.1. The molecule has 5 nitrogen and oxygen atoms in total. The van der Waals surface area contributed by atoms with Gasteiger partial charge in [-0.15, -0.1) is 0 Å². The standard InChI is InChI=1S/C24H24N4O/c1-18-8-6-9-19(16-18)17-28-22-12-3-2-10-20(22)27-23(28)13-7-15-26-24(29)21-11-4-5-14-25-21/h2-6,8-12,14,16H,7,13,15,17H2,1H3,(H,26,29). The molecule has 0 saturated heterocycles. The number of hydrogen-bond acceptors (Lipinski definition) is 3. The van der Waals surface area contributed by atoms with E-state index in [4.69, 9.17) is 4.98 Å². The molecule has 2 aromatic carbocycles. The SMILES string of the molecule is Cc1cccc(Cn2c(CCCNC(=O)c3ccccn3)nc3ccccc32)c1. The van der Waals surface area contributed by atoms with Gasteiger partial charge in [0.2, 0.25) is 0 Å². The highest BCUT2D eigenvalue weighted by Crippen LogP contribution is 2.19. The number of amides is 1. The molecule has 0 unspecified atom stereocenters. The van der Waals surface area contributed by atoms with Crippen molar-refractivity contribution in [3.63, 3.8) is 0 Å². The summed E-state index contributed by atoms with van der Waals surface area (Å²) in [6.07, 6.45) is 3.24. The minimum absolute atomic E-state index is 0.140. The van der Waals surface area contributed by atoms with E-state index in [1.165, 1.54) is 11.1 Å². The molecule has 0 atom stereocenters. The van der Waals surface area contributed by atoms with Crippen molar-refractivity contribution in [1.29, 1.82) is 0 Å². The van der Waals surface area contributed by atoms with Gasteiger partial charge in [0, 0.05) is 25.7 Å². The van der Waals surface area contributed by atoms with Crippen molar-refractivity contribution < 1.29 is 4.79 Å². The lowest BCUT2D eigenvalue weighted by molar-refractivity contribution is 0.0948. The zero-order valence-corrected chi connectivity index (χ0v) is 16.5. The van der Waals surface area contributed by atoms with E-state index in [0.717, 1.165) is 36.2 Å². The maximum absolute atomic E-state index is 12.1. The van der Waals surface area contributed by atoms with E-state index in [-0.39, 0.29) is 5.91 Å². The van der Waals surface area contributed by atoms with E-state index in [9.17, 15) is 4.79 Å². The molecular formula is C24H24N4O. The first-order chi connectivity index (χ1) is 14.2. The molecule has 0 radical (unpaired) electrons. The van der Waals surface area contributed by atoms with Crippen LogP contribution in [0.4, 0.5) is 0 Å². The zero-order valence-electron chi connectivity index (χ0n) is 16.5. The van der Waals surface area contributed by atoms with Crippen LogP contribution in [0.1, 0.15) is 33.9 Å². The average molecular weight is 384 g/mol. The highest BCUT2D eigenvalue weighted by atomic mass is 16.1. The Morgan fingerprint density at radius 2 is 1.90 bits per heavy atom. The zero-order chi connectivity index (χ0) is 20.1. The molecule has 0 saturated carbocycles. The Hall–Kier alpha value is -3.47. The van der Waals surface area contributed by atoms with Crippen LogP contribution >= 0.6 is 0 Å². The fourth-order valence-corrected chi connectivity index (χ4v) is 3.52. The van der Waals surface area contributed by atoms with E-state index in [2.05, 4.69) is 58.2 Å². The molecule has 0 aliphatic rings. The van der Waals surface area contributed by atoms with Gasteiger partial charge in [0.1, 0.15) is 11.5 Å². The minimum Gasteiger partial charge on any atom is -0.351 e. The summed E-state index contributed by atoms with van der Waals surface area (Å²) in [6.45, 7) is 3.49. The molecule has 146 valence electrons. The molecule has 1 amide bonds. The molecule has 0 aliphatic heterocycles. The second-order valence-electron chi connectivity index (χ2n) is 7.17. The molecule has 2 aromatic heterocycles. The summed E-state index contributed by atoms with van der Waals surface area (Å²) in [4.78, 5) is 21.1. The monoisotopic (exact) mass is 384 g/mol. The molecule has 0 fully saturated rings. The van der Waals surface area contributed by atoms with Gasteiger partial charge >= 0.3 is 0 Å². The number of para-hydroxylation sites is 2. The van der Waals surface area contributed by atoms with E-state index in [1.807, 2.05) is 18.2 Å². The fraction of sp³-hybridized carbons (Fsp3) is 0.208. The molecule has 1 N–H and O–H groups in total. The van der Waals surface area contributed by atoms with Gasteiger partial charge in [-0.1, -0.05) is 48.0 Å². The smallest absolute Gasteiger partial charge is 0.269 e. The van der Waals surface area contributed by atoms with Crippen molar-refractivity contribution in [3.8, 4) is 0 Å². The van der Waals surface area contributed by atoms with Gasteiger partial charge in [-0.05, 0) is 43.2 Å². The van der Waals surface area contributed by atoms with Gasteiger partial charge in [0.15, 0.2) is 0 Å². The minimum atomic E-state index is -0.140. The largest absolute Gasteiger partial charge is 0.351 e. The predicted octanol–water partition coefficient (Wildman–Crippen LogP) is 4.15. The molecule has 5 heteroatoms. The number of carbonyl (C=O) groups excluding carboxylic acids is 1. The fourth-order valence-electron chi connectivity index (χ4n) is 3.52. The van der Waals surface area contributed by atoms with Gasteiger partial charge in [-0.2, -0.15) is 0 Å². The summed E-state index contributed by atoms with van der Waals surface area (Å²) >= 11 is 0. The van der Waals surface area contributed by atoms with E-state index in [0.29, 0.717) is 12.2 Å². The topological polar surface area (TPSA) is 59.8 Å². The third-order valence-corrected chi connectivity index (χ3v) is 4.92. The summed E-state index contributed by atoms with van der Waals surface area (Å²) in [5.41, 5.74) is 5.11. The van der Waals surface area contributed by atoms with Crippen LogP contribution < -0.4 is 5.32 Å². The van der Waals surface area contributed by atoms with Gasteiger partial charge in [-0.25, -0.2) is 4.98 Å². The van der Waals surface area contributed by atoms with Crippen molar-refractivity contribution in [1.82, 2.24) is 19.9 Å². The van der Waals surface area contributed by atoms with E-state index in [1.54, 1.807) is 18.3 Å². The number of hydrogen-bond donors (Lipinski definition) is 1. The summed E-state index contributed by atoms with van der Waals surface area (Å²) in [5, 5.41) is 2.94. The Kier molecular flexibility index (Phi) is 5.66. The Balaban J connectivity index is 1.46. The number of rotatable bonds is 7. The van der Waals surface area contributed by atoms with Gasteiger partial charge in [-0.3, -0.25) is 9.78 Å². The lowest BCUT2D eigenvalue weighted by Crippen LogP contribution is -2.25. The first-order valence-electron chi connectivity index (χ1n) is 9.89. The van der Waals surface area contributed by atoms with Gasteiger partial charge in [0.05, 0.1) is 11.0 Å². The molecule has 0 aliphatic carbocycles. The van der Waals surface area contributed by atoms with Crippen LogP contribution in [0.25, 0.3) is 11.0 Å². The molecule has 29 heavy (non-hydrogen) atoms. The van der Waals surface area contributed by atoms with E-state index >= 15 is 0 Å². The maximum atomic E-state index is 12.1. The maximum Gasteiger partial charge on any atom is 0.269 e. The number of nitrogens with zero attached hydrogens (tertiary/aromatic N) is 3. The molecule has 4 aromatic rings.